The average Bonchev–Trinajstić information content (AvgIpc) is 2.94. The summed E-state index contributed by atoms with van der Waals surface area (Å²) >= 11 is 3.45. The standard InChI is InChI=1S/C29H34O6S2/c1-2-25(30)26-27(31)35-29(18-10-12-22(33-29)20-37-24-15-7-4-8-16-24)28(34-26)17-9-11-21(32-28)19-36-23-13-5-3-6-14-23/h2-8,13-16,21-22,25-26,30H,1,9-12,17-20H2/t21-,22-,25-,26-,28-,29-/m1/s1. The summed E-state index contributed by atoms with van der Waals surface area (Å²) in [5, 5.41) is 10.5. The van der Waals surface area contributed by atoms with E-state index >= 15 is 0 Å². The van der Waals surface area contributed by atoms with Gasteiger partial charge in [-0.1, -0.05) is 42.5 Å². The molecule has 3 fully saturated rings. The van der Waals surface area contributed by atoms with Crippen molar-refractivity contribution >= 4 is 29.5 Å². The van der Waals surface area contributed by atoms with Crippen LogP contribution in [0.1, 0.15) is 38.5 Å². The van der Waals surface area contributed by atoms with Crippen LogP contribution in [0.3, 0.4) is 0 Å². The number of rotatable bonds is 8. The number of hydrogen-bond donors (Lipinski definition) is 1. The van der Waals surface area contributed by atoms with Crippen LogP contribution in [0.5, 0.6) is 0 Å². The van der Waals surface area contributed by atoms with Crippen LogP contribution in [0.15, 0.2) is 83.1 Å². The van der Waals surface area contributed by atoms with Crippen LogP contribution in [-0.2, 0) is 23.7 Å². The fourth-order valence-electron chi connectivity index (χ4n) is 5.24. The lowest BCUT2D eigenvalue weighted by molar-refractivity contribution is -0.458. The van der Waals surface area contributed by atoms with Crippen molar-refractivity contribution in [2.75, 3.05) is 11.5 Å². The lowest BCUT2D eigenvalue weighted by atomic mass is 9.86. The molecule has 0 radical (unpaired) electrons. The van der Waals surface area contributed by atoms with Gasteiger partial charge in [0, 0.05) is 34.1 Å². The van der Waals surface area contributed by atoms with Crippen molar-refractivity contribution in [3.63, 3.8) is 0 Å². The summed E-state index contributed by atoms with van der Waals surface area (Å²) in [6.45, 7) is 3.64. The molecule has 3 heterocycles. The first-order valence-corrected chi connectivity index (χ1v) is 14.9. The Balaban J connectivity index is 1.36. The summed E-state index contributed by atoms with van der Waals surface area (Å²) in [4.78, 5) is 15.4. The Labute approximate surface area is 227 Å². The second-order valence-corrected chi connectivity index (χ2v) is 11.9. The summed E-state index contributed by atoms with van der Waals surface area (Å²) in [5.41, 5.74) is 0. The Morgan fingerprint density at radius 1 is 0.865 bits per heavy atom. The van der Waals surface area contributed by atoms with Crippen molar-refractivity contribution in [3.05, 3.63) is 73.3 Å². The third kappa shape index (κ3) is 5.95. The largest absolute Gasteiger partial charge is 0.425 e. The first-order valence-electron chi connectivity index (χ1n) is 13.0. The van der Waals surface area contributed by atoms with Crippen molar-refractivity contribution in [3.8, 4) is 0 Å². The molecule has 0 bridgehead atoms. The predicted molar refractivity (Wildman–Crippen MR) is 144 cm³/mol. The van der Waals surface area contributed by atoms with Crippen molar-refractivity contribution in [2.45, 2.75) is 84.3 Å². The highest BCUT2D eigenvalue weighted by atomic mass is 32.2. The minimum absolute atomic E-state index is 0.114. The molecule has 0 aromatic heterocycles. The van der Waals surface area contributed by atoms with Crippen LogP contribution in [0, 0.1) is 0 Å². The van der Waals surface area contributed by atoms with E-state index in [1.54, 1.807) is 23.5 Å². The first-order chi connectivity index (χ1) is 18.0. The number of aliphatic hydroxyl groups is 1. The van der Waals surface area contributed by atoms with Gasteiger partial charge in [0.1, 0.15) is 6.10 Å². The number of carbonyl (C=O) groups is 1. The molecule has 1 N–H and O–H groups in total. The highest BCUT2D eigenvalue weighted by Crippen LogP contribution is 2.51. The van der Waals surface area contributed by atoms with Crippen molar-refractivity contribution in [2.24, 2.45) is 0 Å². The molecule has 2 aromatic carbocycles. The van der Waals surface area contributed by atoms with E-state index in [0.29, 0.717) is 12.8 Å². The molecule has 8 heteroatoms. The Hall–Kier alpha value is -1.81. The Morgan fingerprint density at radius 2 is 1.38 bits per heavy atom. The molecular weight excluding hydrogens is 508 g/mol. The summed E-state index contributed by atoms with van der Waals surface area (Å²) in [7, 11) is 0. The maximum absolute atomic E-state index is 13.1. The number of thioether (sulfide) groups is 2. The first kappa shape index (κ1) is 26.8. The maximum Gasteiger partial charge on any atom is 0.341 e. The van der Waals surface area contributed by atoms with E-state index in [1.807, 2.05) is 36.4 Å². The summed E-state index contributed by atoms with van der Waals surface area (Å²) in [6.07, 6.45) is 3.05. The van der Waals surface area contributed by atoms with E-state index in [1.165, 1.54) is 15.9 Å². The van der Waals surface area contributed by atoms with Gasteiger partial charge in [-0.05, 0) is 49.9 Å². The number of benzene rings is 2. The van der Waals surface area contributed by atoms with Crippen LogP contribution in [0.25, 0.3) is 0 Å². The van der Waals surface area contributed by atoms with Crippen LogP contribution in [0.2, 0.25) is 0 Å². The van der Waals surface area contributed by atoms with Gasteiger partial charge < -0.3 is 24.1 Å². The Bertz CT molecular complexity index is 1050. The predicted octanol–water partition coefficient (Wildman–Crippen LogP) is 5.59. The number of aliphatic hydroxyl groups excluding tert-OH is 1. The molecule has 3 aliphatic rings. The SMILES string of the molecule is C=C[C@@H](O)[C@H]1O[C@]2(CCC[C@H](CSc3ccccc3)O2)[C@@]2(CCC[C@H](CSc3ccccc3)O2)OC1=O. The fraction of sp³-hybridized carbons (Fsp3) is 0.483. The van der Waals surface area contributed by atoms with Gasteiger partial charge in [-0.25, -0.2) is 4.79 Å². The minimum Gasteiger partial charge on any atom is -0.425 e. The molecule has 0 amide bonds. The lowest BCUT2D eigenvalue weighted by Gasteiger charge is -2.57. The maximum atomic E-state index is 13.1. The van der Waals surface area contributed by atoms with Gasteiger partial charge in [-0.15, -0.1) is 30.1 Å². The monoisotopic (exact) mass is 542 g/mol. The Kier molecular flexibility index (Phi) is 8.63. The number of carbonyl (C=O) groups excluding carboxylic acids is 1. The smallest absolute Gasteiger partial charge is 0.341 e. The third-order valence-electron chi connectivity index (χ3n) is 7.08. The van der Waals surface area contributed by atoms with E-state index in [9.17, 15) is 9.90 Å². The molecular formula is C29H34O6S2. The zero-order chi connectivity index (χ0) is 25.7. The van der Waals surface area contributed by atoms with Gasteiger partial charge in [0.05, 0.1) is 12.2 Å². The highest BCUT2D eigenvalue weighted by Gasteiger charge is 2.67. The quantitative estimate of drug-likeness (QED) is 0.263. The van der Waals surface area contributed by atoms with E-state index in [4.69, 9.17) is 18.9 Å². The van der Waals surface area contributed by atoms with Crippen LogP contribution >= 0.6 is 23.5 Å². The Morgan fingerprint density at radius 3 is 1.92 bits per heavy atom. The van der Waals surface area contributed by atoms with E-state index in [0.717, 1.165) is 37.2 Å². The number of ether oxygens (including phenoxy) is 4. The molecule has 0 aliphatic carbocycles. The zero-order valence-corrected chi connectivity index (χ0v) is 22.5. The molecule has 0 saturated carbocycles. The number of fused-ring (bicyclic) bond motifs is 1. The number of esters is 1. The topological polar surface area (TPSA) is 74.2 Å². The molecule has 3 saturated heterocycles. The molecule has 0 unspecified atom stereocenters. The second kappa shape index (κ2) is 11.9. The van der Waals surface area contributed by atoms with E-state index in [-0.39, 0.29) is 12.2 Å². The summed E-state index contributed by atoms with van der Waals surface area (Å²) in [5.74, 6) is -1.81. The van der Waals surface area contributed by atoms with Gasteiger partial charge in [0.25, 0.3) is 5.79 Å². The van der Waals surface area contributed by atoms with E-state index < -0.39 is 29.8 Å². The molecule has 2 spiro atoms. The minimum atomic E-state index is -1.35. The lowest BCUT2D eigenvalue weighted by Crippen LogP contribution is -2.72. The molecule has 5 rings (SSSR count). The molecule has 2 aromatic rings. The van der Waals surface area contributed by atoms with Gasteiger partial charge in [-0.3, -0.25) is 0 Å². The highest BCUT2D eigenvalue weighted by molar-refractivity contribution is 7.99. The number of hydrogen-bond acceptors (Lipinski definition) is 8. The van der Waals surface area contributed by atoms with Crippen molar-refractivity contribution in [1.29, 1.82) is 0 Å². The second-order valence-electron chi connectivity index (χ2n) is 9.70. The van der Waals surface area contributed by atoms with Gasteiger partial charge in [0.2, 0.25) is 5.79 Å². The zero-order valence-electron chi connectivity index (χ0n) is 20.8. The molecule has 6 nitrogen and oxygen atoms in total. The normalized spacial score (nSPS) is 32.7. The van der Waals surface area contributed by atoms with Crippen molar-refractivity contribution < 1.29 is 28.8 Å². The average molecular weight is 543 g/mol. The molecule has 37 heavy (non-hydrogen) atoms. The fourth-order valence-corrected chi connectivity index (χ4v) is 7.17. The van der Waals surface area contributed by atoms with Gasteiger partial charge >= 0.3 is 5.97 Å². The molecule has 3 aliphatic heterocycles. The van der Waals surface area contributed by atoms with Crippen molar-refractivity contribution in [1.82, 2.24) is 0 Å². The summed E-state index contributed by atoms with van der Waals surface area (Å²) in [6, 6.07) is 20.4. The van der Waals surface area contributed by atoms with Crippen LogP contribution < -0.4 is 0 Å². The summed E-state index contributed by atoms with van der Waals surface area (Å²) < 4.78 is 25.9. The molecule has 198 valence electrons. The van der Waals surface area contributed by atoms with E-state index in [2.05, 4.69) is 30.8 Å². The molecule has 6 atom stereocenters. The van der Waals surface area contributed by atoms with Gasteiger partial charge in [-0.2, -0.15) is 0 Å². The van der Waals surface area contributed by atoms with Crippen LogP contribution in [-0.4, -0.2) is 58.6 Å². The van der Waals surface area contributed by atoms with Crippen LogP contribution in [0.4, 0.5) is 0 Å². The van der Waals surface area contributed by atoms with Gasteiger partial charge in [0.15, 0.2) is 6.10 Å². The third-order valence-corrected chi connectivity index (χ3v) is 9.37.